The summed E-state index contributed by atoms with van der Waals surface area (Å²) in [6.07, 6.45) is 2.55. The lowest BCUT2D eigenvalue weighted by atomic mass is 10.0. The molecular formula is C50H66N8O12. The third kappa shape index (κ3) is 16.6. The summed E-state index contributed by atoms with van der Waals surface area (Å²) in [6, 6.07) is 15.5. The Balaban J connectivity index is 1.37. The Morgan fingerprint density at radius 3 is 2.16 bits per heavy atom. The number of rotatable bonds is 26. The van der Waals surface area contributed by atoms with Crippen LogP contribution < -0.4 is 25.4 Å². The summed E-state index contributed by atoms with van der Waals surface area (Å²) in [6.45, 7) is 8.76. The summed E-state index contributed by atoms with van der Waals surface area (Å²) in [5, 5.41) is 21.8. The van der Waals surface area contributed by atoms with Gasteiger partial charge in [-0.2, -0.15) is 4.98 Å². The van der Waals surface area contributed by atoms with Gasteiger partial charge in [0.1, 0.15) is 41.6 Å². The maximum atomic E-state index is 14.7. The number of amides is 5. The molecule has 2 aromatic heterocycles. The van der Waals surface area contributed by atoms with Gasteiger partial charge in [0.2, 0.25) is 29.5 Å². The second-order valence-electron chi connectivity index (χ2n) is 18.6. The number of methoxy groups -OCH3 is 1. The summed E-state index contributed by atoms with van der Waals surface area (Å²) in [7, 11) is 4.26. The number of hydrogen-bond acceptors (Lipinski definition) is 14. The Hall–Kier alpha value is -7.09. The van der Waals surface area contributed by atoms with Crippen LogP contribution in [-0.2, 0) is 48.1 Å². The summed E-state index contributed by atoms with van der Waals surface area (Å²) < 4.78 is 28.7. The first-order valence-corrected chi connectivity index (χ1v) is 23.3. The first kappa shape index (κ1) is 53.9. The first-order chi connectivity index (χ1) is 33.3. The van der Waals surface area contributed by atoms with E-state index in [0.717, 1.165) is 24.0 Å². The van der Waals surface area contributed by atoms with Crippen LogP contribution in [0.5, 0.6) is 11.6 Å². The Labute approximate surface area is 408 Å². The number of hydrogen-bond donors (Lipinski definition) is 4. The minimum atomic E-state index is -1.53. The highest BCUT2D eigenvalue weighted by atomic mass is 16.6. The van der Waals surface area contributed by atoms with Crippen LogP contribution in [0.3, 0.4) is 0 Å². The summed E-state index contributed by atoms with van der Waals surface area (Å²) in [5.41, 5.74) is 0.608. The molecule has 5 amide bonds. The lowest BCUT2D eigenvalue weighted by Crippen LogP contribution is -2.58. The van der Waals surface area contributed by atoms with Gasteiger partial charge in [0, 0.05) is 39.2 Å². The smallest absolute Gasteiger partial charge is 0.410 e. The van der Waals surface area contributed by atoms with E-state index in [-0.39, 0.29) is 74.7 Å². The average Bonchev–Trinajstić information content (AvgIpc) is 4.07. The fourth-order valence-electron chi connectivity index (χ4n) is 7.30. The highest BCUT2D eigenvalue weighted by Gasteiger charge is 2.38. The number of carboxylic acid groups (broad SMARTS) is 1. The van der Waals surface area contributed by atoms with Gasteiger partial charge >= 0.3 is 12.1 Å². The topological polar surface area (TPSA) is 254 Å². The lowest BCUT2D eigenvalue weighted by Gasteiger charge is -2.36. The van der Waals surface area contributed by atoms with E-state index in [0.29, 0.717) is 11.7 Å². The number of ether oxygens (including phenoxy) is 4. The first-order valence-electron chi connectivity index (χ1n) is 23.3. The molecule has 1 saturated carbocycles. The van der Waals surface area contributed by atoms with Crippen molar-refractivity contribution in [2.75, 3.05) is 41.0 Å². The Morgan fingerprint density at radius 1 is 0.871 bits per heavy atom. The van der Waals surface area contributed by atoms with Crippen LogP contribution in [0, 0.1) is 5.92 Å². The Kier molecular flexibility index (Phi) is 19.6. The molecular weight excluding hydrogens is 905 g/mol. The molecule has 0 radical (unpaired) electrons. The quantitative estimate of drug-likeness (QED) is 0.0665. The van der Waals surface area contributed by atoms with Gasteiger partial charge in [-0.15, -0.1) is 0 Å². The Bertz CT molecular complexity index is 2370. The number of aromatic nitrogens is 3. The van der Waals surface area contributed by atoms with E-state index in [1.165, 1.54) is 43.3 Å². The molecule has 5 rings (SSSR count). The predicted molar refractivity (Wildman–Crippen MR) is 255 cm³/mol. The standard InChI is InChI=1S/C50H66N8O12/c1-31(2)25-37(58(7)49(65)69-50(3,4)5)48(64)57(6)38(30-67-28-33-17-13-10-14-18-33)45(62)53-35(26-32-15-11-9-12-16-32)29-68-39-21-23-52-47(66-8)42(39)46(63)54-36(27-41(59)60)44(61)51-24-22-40-55-43(56-70-40)34-19-20-34/h9-18,21,23,31,34-38H,19-20,22,24-30H2,1-8H3,(H,51,61)(H,53,62)(H,54,63)(H,59,60). The number of nitrogens with zero attached hydrogens (tertiary/aromatic N) is 5. The molecule has 0 aliphatic heterocycles. The number of carbonyl (C=O) groups is 6. The second-order valence-corrected chi connectivity index (χ2v) is 18.6. The molecule has 1 fully saturated rings. The van der Waals surface area contributed by atoms with Gasteiger partial charge in [0.05, 0.1) is 32.8 Å². The monoisotopic (exact) mass is 970 g/mol. The zero-order valence-electron chi connectivity index (χ0n) is 41.1. The number of likely N-dealkylation sites (N-methyl/N-ethyl adjacent to an activating group) is 2. The fraction of sp³-hybridized carbons (Fsp3) is 0.500. The van der Waals surface area contributed by atoms with Crippen LogP contribution in [0.25, 0.3) is 0 Å². The van der Waals surface area contributed by atoms with Crippen molar-refractivity contribution in [2.24, 2.45) is 5.92 Å². The lowest BCUT2D eigenvalue weighted by molar-refractivity contribution is -0.145. The molecule has 70 heavy (non-hydrogen) atoms. The molecule has 20 heteroatoms. The average molecular weight is 971 g/mol. The van der Waals surface area contributed by atoms with Crippen LogP contribution >= 0.6 is 0 Å². The molecule has 4 atom stereocenters. The van der Waals surface area contributed by atoms with E-state index in [4.69, 9.17) is 23.5 Å². The molecule has 378 valence electrons. The largest absolute Gasteiger partial charge is 0.490 e. The third-order valence-electron chi connectivity index (χ3n) is 11.1. The minimum absolute atomic E-state index is 0.0195. The van der Waals surface area contributed by atoms with Crippen molar-refractivity contribution in [3.8, 4) is 11.6 Å². The number of nitrogens with one attached hydrogen (secondary N) is 3. The van der Waals surface area contributed by atoms with Crippen molar-refractivity contribution in [1.29, 1.82) is 0 Å². The Morgan fingerprint density at radius 2 is 1.54 bits per heavy atom. The van der Waals surface area contributed by atoms with Crippen molar-refractivity contribution in [1.82, 2.24) is 40.9 Å². The van der Waals surface area contributed by atoms with Crippen LogP contribution in [-0.4, -0.2) is 136 Å². The molecule has 4 N–H and O–H groups in total. The van der Waals surface area contributed by atoms with E-state index < -0.39 is 71.9 Å². The van der Waals surface area contributed by atoms with Gasteiger partial charge in [-0.05, 0) is 69.6 Å². The van der Waals surface area contributed by atoms with Crippen molar-refractivity contribution < 1.29 is 57.3 Å². The number of pyridine rings is 1. The molecule has 0 bridgehead atoms. The van der Waals surface area contributed by atoms with E-state index in [1.807, 2.05) is 74.5 Å². The molecule has 1 aliphatic carbocycles. The summed E-state index contributed by atoms with van der Waals surface area (Å²) >= 11 is 0. The van der Waals surface area contributed by atoms with Crippen LogP contribution in [0.1, 0.15) is 99.4 Å². The molecule has 4 unspecified atom stereocenters. The van der Waals surface area contributed by atoms with Crippen molar-refractivity contribution in [3.05, 3.63) is 101 Å². The molecule has 0 saturated heterocycles. The van der Waals surface area contributed by atoms with Gasteiger partial charge in [0.15, 0.2) is 5.82 Å². The maximum absolute atomic E-state index is 14.7. The molecule has 0 spiro atoms. The maximum Gasteiger partial charge on any atom is 0.410 e. The number of carboxylic acids is 1. The summed E-state index contributed by atoms with van der Waals surface area (Å²) in [5.74, 6) is -3.19. The number of aliphatic carboxylic acids is 1. The summed E-state index contributed by atoms with van der Waals surface area (Å²) in [4.78, 5) is 92.9. The van der Waals surface area contributed by atoms with Crippen molar-refractivity contribution in [2.45, 2.75) is 115 Å². The van der Waals surface area contributed by atoms with Crippen LogP contribution in [0.2, 0.25) is 0 Å². The van der Waals surface area contributed by atoms with Gasteiger partial charge in [0.25, 0.3) is 5.91 Å². The zero-order chi connectivity index (χ0) is 51.0. The second kappa shape index (κ2) is 25.5. The van der Waals surface area contributed by atoms with Crippen molar-refractivity contribution in [3.63, 3.8) is 0 Å². The molecule has 4 aromatic rings. The van der Waals surface area contributed by atoms with Crippen LogP contribution in [0.4, 0.5) is 4.79 Å². The number of benzene rings is 2. The third-order valence-corrected chi connectivity index (χ3v) is 11.1. The van der Waals surface area contributed by atoms with E-state index in [2.05, 4.69) is 31.1 Å². The highest BCUT2D eigenvalue weighted by molar-refractivity contribution is 6.02. The molecule has 20 nitrogen and oxygen atoms in total. The number of carbonyl (C=O) groups excluding carboxylic acids is 5. The van der Waals surface area contributed by atoms with Crippen LogP contribution in [0.15, 0.2) is 77.4 Å². The van der Waals surface area contributed by atoms with E-state index in [1.54, 1.807) is 20.8 Å². The minimum Gasteiger partial charge on any atom is -0.490 e. The molecule has 2 heterocycles. The molecule has 2 aromatic carbocycles. The van der Waals surface area contributed by atoms with E-state index in [9.17, 15) is 33.9 Å². The zero-order valence-corrected chi connectivity index (χ0v) is 41.1. The van der Waals surface area contributed by atoms with Crippen molar-refractivity contribution >= 4 is 35.7 Å². The highest BCUT2D eigenvalue weighted by Crippen LogP contribution is 2.38. The SMILES string of the molecule is COc1nccc(OCC(Cc2ccccc2)NC(=O)C(COCc2ccccc2)N(C)C(=O)C(CC(C)C)N(C)C(=O)OC(C)(C)C)c1C(=O)NC(CC(=O)O)C(=O)NCCc1nc(C2CC2)no1. The van der Waals surface area contributed by atoms with Gasteiger partial charge in [-0.25, -0.2) is 9.78 Å². The van der Waals surface area contributed by atoms with Gasteiger partial charge in [-0.1, -0.05) is 79.7 Å². The fourth-order valence-corrected chi connectivity index (χ4v) is 7.30. The van der Waals surface area contributed by atoms with Gasteiger partial charge in [-0.3, -0.25) is 28.9 Å². The molecule has 1 aliphatic rings. The normalized spacial score (nSPS) is 14.1. The predicted octanol–water partition coefficient (Wildman–Crippen LogP) is 4.71. The van der Waals surface area contributed by atoms with Gasteiger partial charge < -0.3 is 49.4 Å². The van der Waals surface area contributed by atoms with E-state index >= 15 is 0 Å².